The Morgan fingerprint density at radius 3 is 2.48 bits per heavy atom. The van der Waals surface area contributed by atoms with Crippen molar-refractivity contribution >= 4 is 27.5 Å². The minimum absolute atomic E-state index is 0.187. The van der Waals surface area contributed by atoms with Crippen LogP contribution in [0.4, 0.5) is 5.69 Å². The number of amides is 1. The van der Waals surface area contributed by atoms with Crippen molar-refractivity contribution in [1.29, 1.82) is 0 Å². The average molecular weight is 396 g/mol. The summed E-state index contributed by atoms with van der Waals surface area (Å²) in [6.07, 6.45) is 0.794. The molecule has 126 valence electrons. The fourth-order valence-electron chi connectivity index (χ4n) is 2.47. The van der Waals surface area contributed by atoms with Crippen molar-refractivity contribution in [3.8, 4) is 5.75 Å². The molecule has 1 N–H and O–H groups in total. The molecule has 0 saturated heterocycles. The zero-order chi connectivity index (χ0) is 17.5. The van der Waals surface area contributed by atoms with E-state index in [2.05, 4.69) is 33.4 Å². The Morgan fingerprint density at radius 1 is 0.920 bits per heavy atom. The van der Waals surface area contributed by atoms with Crippen LogP contribution >= 0.6 is 15.9 Å². The van der Waals surface area contributed by atoms with E-state index in [4.69, 9.17) is 4.74 Å². The molecule has 0 aliphatic carbocycles. The monoisotopic (exact) mass is 395 g/mol. The molecular formula is C21H18BrNO2. The first kappa shape index (κ1) is 17.2. The predicted molar refractivity (Wildman–Crippen MR) is 104 cm³/mol. The highest BCUT2D eigenvalue weighted by atomic mass is 79.9. The van der Waals surface area contributed by atoms with E-state index in [1.54, 1.807) is 6.07 Å². The lowest BCUT2D eigenvalue weighted by Gasteiger charge is -2.12. The van der Waals surface area contributed by atoms with E-state index in [1.165, 1.54) is 5.56 Å². The second kappa shape index (κ2) is 8.49. The Balaban J connectivity index is 1.66. The van der Waals surface area contributed by atoms with Crippen LogP contribution in [0.15, 0.2) is 83.3 Å². The summed E-state index contributed by atoms with van der Waals surface area (Å²) in [5.74, 6) is 0.402. The lowest BCUT2D eigenvalue weighted by Crippen LogP contribution is -2.14. The van der Waals surface area contributed by atoms with Crippen molar-refractivity contribution in [2.75, 3.05) is 11.9 Å². The number of nitrogens with one attached hydrogen (secondary N) is 1. The normalized spacial score (nSPS) is 10.3. The van der Waals surface area contributed by atoms with E-state index < -0.39 is 0 Å². The molecule has 3 aromatic rings. The first-order chi connectivity index (χ1) is 12.2. The van der Waals surface area contributed by atoms with Gasteiger partial charge in [-0.3, -0.25) is 4.79 Å². The Labute approximate surface area is 155 Å². The average Bonchev–Trinajstić information content (AvgIpc) is 2.63. The number of carbonyl (C=O) groups is 1. The lowest BCUT2D eigenvalue weighted by molar-refractivity contribution is 0.102. The first-order valence-corrected chi connectivity index (χ1v) is 8.84. The predicted octanol–water partition coefficient (Wildman–Crippen LogP) is 5.32. The largest absolute Gasteiger partial charge is 0.492 e. The van der Waals surface area contributed by atoms with Gasteiger partial charge >= 0.3 is 0 Å². The number of benzene rings is 3. The van der Waals surface area contributed by atoms with Gasteiger partial charge < -0.3 is 10.1 Å². The van der Waals surface area contributed by atoms with Gasteiger partial charge in [-0.25, -0.2) is 0 Å². The van der Waals surface area contributed by atoms with E-state index >= 15 is 0 Å². The summed E-state index contributed by atoms with van der Waals surface area (Å²) in [4.78, 5) is 12.6. The van der Waals surface area contributed by atoms with Gasteiger partial charge in [0.15, 0.2) is 0 Å². The minimum atomic E-state index is -0.187. The first-order valence-electron chi connectivity index (χ1n) is 8.05. The highest BCUT2D eigenvalue weighted by molar-refractivity contribution is 9.10. The van der Waals surface area contributed by atoms with Gasteiger partial charge in [0, 0.05) is 16.6 Å². The number of hydrogen-bond acceptors (Lipinski definition) is 2. The summed E-state index contributed by atoms with van der Waals surface area (Å²) in [5, 5.41) is 2.90. The third-order valence-electron chi connectivity index (χ3n) is 3.71. The molecular weight excluding hydrogens is 378 g/mol. The van der Waals surface area contributed by atoms with Crippen LogP contribution in [0.5, 0.6) is 5.75 Å². The molecule has 3 aromatic carbocycles. The Bertz CT molecular complexity index is 849. The molecule has 0 spiro atoms. The molecule has 3 rings (SSSR count). The topological polar surface area (TPSA) is 38.3 Å². The quantitative estimate of drug-likeness (QED) is 0.612. The van der Waals surface area contributed by atoms with E-state index in [0.717, 1.165) is 16.6 Å². The lowest BCUT2D eigenvalue weighted by atomic mass is 10.1. The van der Waals surface area contributed by atoms with E-state index in [1.807, 2.05) is 60.7 Å². The SMILES string of the molecule is O=C(Nc1cccc(Br)c1)c1ccccc1OCCc1ccccc1. The highest BCUT2D eigenvalue weighted by Gasteiger charge is 2.12. The maximum Gasteiger partial charge on any atom is 0.259 e. The van der Waals surface area contributed by atoms with Gasteiger partial charge in [0.05, 0.1) is 12.2 Å². The van der Waals surface area contributed by atoms with Crippen LogP contribution in [0.2, 0.25) is 0 Å². The molecule has 0 aliphatic rings. The minimum Gasteiger partial charge on any atom is -0.492 e. The third kappa shape index (κ3) is 4.94. The van der Waals surface area contributed by atoms with E-state index in [-0.39, 0.29) is 5.91 Å². The summed E-state index contributed by atoms with van der Waals surface area (Å²) in [6, 6.07) is 24.9. The third-order valence-corrected chi connectivity index (χ3v) is 4.20. The van der Waals surface area contributed by atoms with Gasteiger partial charge in [-0.15, -0.1) is 0 Å². The summed E-state index contributed by atoms with van der Waals surface area (Å²) in [7, 11) is 0. The fourth-order valence-corrected chi connectivity index (χ4v) is 2.87. The molecule has 4 heteroatoms. The number of para-hydroxylation sites is 1. The molecule has 0 heterocycles. The van der Waals surface area contributed by atoms with Crippen LogP contribution in [0.3, 0.4) is 0 Å². The molecule has 0 aromatic heterocycles. The number of anilines is 1. The molecule has 1 amide bonds. The number of carbonyl (C=O) groups excluding carboxylic acids is 1. The Morgan fingerprint density at radius 2 is 1.68 bits per heavy atom. The fraction of sp³-hybridized carbons (Fsp3) is 0.0952. The summed E-state index contributed by atoms with van der Waals surface area (Å²) in [5.41, 5.74) is 2.47. The van der Waals surface area contributed by atoms with Crippen molar-refractivity contribution in [3.05, 3.63) is 94.5 Å². The van der Waals surface area contributed by atoms with Gasteiger partial charge in [-0.1, -0.05) is 64.5 Å². The van der Waals surface area contributed by atoms with Gasteiger partial charge in [-0.2, -0.15) is 0 Å². The number of halogens is 1. The van der Waals surface area contributed by atoms with Gasteiger partial charge in [0.1, 0.15) is 5.75 Å². The molecule has 0 radical (unpaired) electrons. The van der Waals surface area contributed by atoms with E-state index in [0.29, 0.717) is 17.9 Å². The number of hydrogen-bond donors (Lipinski definition) is 1. The molecule has 0 atom stereocenters. The second-order valence-electron chi connectivity index (χ2n) is 5.54. The van der Waals surface area contributed by atoms with Gasteiger partial charge in [0.2, 0.25) is 0 Å². The molecule has 0 bridgehead atoms. The van der Waals surface area contributed by atoms with Crippen LogP contribution in [0.25, 0.3) is 0 Å². The maximum absolute atomic E-state index is 12.6. The van der Waals surface area contributed by atoms with Crippen molar-refractivity contribution in [2.24, 2.45) is 0 Å². The molecule has 0 saturated carbocycles. The smallest absolute Gasteiger partial charge is 0.259 e. The van der Waals surface area contributed by atoms with E-state index in [9.17, 15) is 4.79 Å². The van der Waals surface area contributed by atoms with Crippen molar-refractivity contribution in [1.82, 2.24) is 0 Å². The summed E-state index contributed by atoms with van der Waals surface area (Å²) < 4.78 is 6.77. The summed E-state index contributed by atoms with van der Waals surface area (Å²) >= 11 is 3.40. The number of rotatable bonds is 6. The van der Waals surface area contributed by atoms with Crippen LogP contribution in [-0.2, 0) is 6.42 Å². The van der Waals surface area contributed by atoms with Crippen molar-refractivity contribution in [2.45, 2.75) is 6.42 Å². The van der Waals surface area contributed by atoms with Crippen LogP contribution < -0.4 is 10.1 Å². The van der Waals surface area contributed by atoms with Crippen LogP contribution in [-0.4, -0.2) is 12.5 Å². The van der Waals surface area contributed by atoms with Gasteiger partial charge in [0.25, 0.3) is 5.91 Å². The van der Waals surface area contributed by atoms with Crippen LogP contribution in [0, 0.1) is 0 Å². The Hall–Kier alpha value is -2.59. The van der Waals surface area contributed by atoms with Crippen molar-refractivity contribution in [3.63, 3.8) is 0 Å². The zero-order valence-corrected chi connectivity index (χ0v) is 15.2. The standard InChI is InChI=1S/C21H18BrNO2/c22-17-9-6-10-18(15-17)23-21(24)19-11-4-5-12-20(19)25-14-13-16-7-2-1-3-8-16/h1-12,15H,13-14H2,(H,23,24). The molecule has 0 unspecified atom stereocenters. The maximum atomic E-state index is 12.6. The molecule has 25 heavy (non-hydrogen) atoms. The van der Waals surface area contributed by atoms with Gasteiger partial charge in [-0.05, 0) is 35.9 Å². The highest BCUT2D eigenvalue weighted by Crippen LogP contribution is 2.21. The summed E-state index contributed by atoms with van der Waals surface area (Å²) in [6.45, 7) is 0.519. The van der Waals surface area contributed by atoms with Crippen LogP contribution in [0.1, 0.15) is 15.9 Å². The molecule has 0 aliphatic heterocycles. The number of ether oxygens (including phenoxy) is 1. The molecule has 0 fully saturated rings. The van der Waals surface area contributed by atoms with Crippen molar-refractivity contribution < 1.29 is 9.53 Å². The second-order valence-corrected chi connectivity index (χ2v) is 6.46. The zero-order valence-electron chi connectivity index (χ0n) is 13.6. The molecule has 3 nitrogen and oxygen atoms in total. The Kier molecular flexibility index (Phi) is 5.86.